The maximum absolute atomic E-state index is 13.8. The van der Waals surface area contributed by atoms with Gasteiger partial charge in [-0.1, -0.05) is 20.8 Å². The third-order valence-electron chi connectivity index (χ3n) is 8.98. The van der Waals surface area contributed by atoms with E-state index in [2.05, 4.69) is 13.8 Å². The summed E-state index contributed by atoms with van der Waals surface area (Å²) in [6.45, 7) is 7.71. The van der Waals surface area contributed by atoms with E-state index in [1.807, 2.05) is 6.92 Å². The highest BCUT2D eigenvalue weighted by atomic mass is 16.5. The molecule has 28 heavy (non-hydrogen) atoms. The summed E-state index contributed by atoms with van der Waals surface area (Å²) in [6.07, 6.45) is 0.517. The highest BCUT2D eigenvalue weighted by Gasteiger charge is 2.82. The Morgan fingerprint density at radius 1 is 1.21 bits per heavy atom. The SMILES string of the molecule is CC(=O)OC1C(=O)[C@]23[C@H]4OCC5=C4[C@@](C)(CCC5=O)CC[C@]2(C)C1[C@@H](C)[C@@H]3O. The second-order valence-corrected chi connectivity index (χ2v) is 10.1. The predicted molar refractivity (Wildman–Crippen MR) is 98.1 cm³/mol. The number of Topliss-reactive ketones (excluding diaryl/α,β-unsaturated/α-hetero) is 2. The number of hydrogen-bond donors (Lipinski definition) is 1. The number of hydrogen-bond acceptors (Lipinski definition) is 6. The van der Waals surface area contributed by atoms with Crippen molar-refractivity contribution in [1.82, 2.24) is 0 Å². The monoisotopic (exact) mass is 388 g/mol. The number of ether oxygens (including phenoxy) is 2. The first-order valence-electron chi connectivity index (χ1n) is 10.4. The van der Waals surface area contributed by atoms with E-state index >= 15 is 0 Å². The summed E-state index contributed by atoms with van der Waals surface area (Å²) in [7, 11) is 0. The van der Waals surface area contributed by atoms with E-state index in [1.54, 1.807) is 0 Å². The van der Waals surface area contributed by atoms with Crippen molar-refractivity contribution in [2.24, 2.45) is 28.1 Å². The normalized spacial score (nSPS) is 51.8. The van der Waals surface area contributed by atoms with Crippen LogP contribution in [0.25, 0.3) is 0 Å². The second-order valence-electron chi connectivity index (χ2n) is 10.1. The lowest BCUT2D eigenvalue weighted by Gasteiger charge is -2.45. The van der Waals surface area contributed by atoms with Crippen LogP contribution < -0.4 is 0 Å². The zero-order chi connectivity index (χ0) is 20.2. The van der Waals surface area contributed by atoms with Crippen LogP contribution >= 0.6 is 0 Å². The molecule has 1 aliphatic heterocycles. The average Bonchev–Trinajstić information content (AvgIpc) is 3.17. The zero-order valence-corrected chi connectivity index (χ0v) is 16.9. The van der Waals surface area contributed by atoms with Crippen LogP contribution in [-0.2, 0) is 23.9 Å². The second kappa shape index (κ2) is 5.33. The quantitative estimate of drug-likeness (QED) is 0.691. The molecule has 3 fully saturated rings. The Labute approximate surface area is 164 Å². The molecule has 2 bridgehead atoms. The van der Waals surface area contributed by atoms with Crippen molar-refractivity contribution in [1.29, 1.82) is 0 Å². The molecular weight excluding hydrogens is 360 g/mol. The van der Waals surface area contributed by atoms with Gasteiger partial charge < -0.3 is 14.6 Å². The van der Waals surface area contributed by atoms with Gasteiger partial charge in [0.2, 0.25) is 0 Å². The number of ketones is 2. The van der Waals surface area contributed by atoms with E-state index in [9.17, 15) is 19.5 Å². The first-order valence-corrected chi connectivity index (χ1v) is 10.4. The average molecular weight is 388 g/mol. The first-order chi connectivity index (χ1) is 13.1. The first kappa shape index (κ1) is 18.5. The van der Waals surface area contributed by atoms with E-state index in [1.165, 1.54) is 6.92 Å². The van der Waals surface area contributed by atoms with Gasteiger partial charge in [0.15, 0.2) is 17.7 Å². The molecule has 2 unspecified atom stereocenters. The fourth-order valence-electron chi connectivity index (χ4n) is 7.73. The minimum atomic E-state index is -1.16. The molecular formula is C22H28O6. The Balaban J connectivity index is 1.75. The maximum Gasteiger partial charge on any atom is 0.303 e. The molecule has 4 aliphatic carbocycles. The highest BCUT2D eigenvalue weighted by molar-refractivity contribution is 6.01. The van der Waals surface area contributed by atoms with Crippen molar-refractivity contribution in [2.75, 3.05) is 6.61 Å². The van der Waals surface area contributed by atoms with Crippen LogP contribution in [0.4, 0.5) is 0 Å². The Kier molecular flexibility index (Phi) is 3.52. The van der Waals surface area contributed by atoms with Crippen molar-refractivity contribution < 1.29 is 29.0 Å². The smallest absolute Gasteiger partial charge is 0.303 e. The summed E-state index contributed by atoms with van der Waals surface area (Å²) in [5.74, 6) is -1.03. The number of aliphatic hydroxyl groups excluding tert-OH is 1. The van der Waals surface area contributed by atoms with Crippen LogP contribution in [0.5, 0.6) is 0 Å². The van der Waals surface area contributed by atoms with Gasteiger partial charge in [-0.05, 0) is 41.6 Å². The Morgan fingerprint density at radius 2 is 1.93 bits per heavy atom. The molecule has 0 spiro atoms. The van der Waals surface area contributed by atoms with Gasteiger partial charge in [0.25, 0.3) is 0 Å². The predicted octanol–water partition coefficient (Wildman–Crippen LogP) is 1.98. The van der Waals surface area contributed by atoms with Crippen molar-refractivity contribution in [3.8, 4) is 0 Å². The largest absolute Gasteiger partial charge is 0.454 e. The van der Waals surface area contributed by atoms with E-state index in [-0.39, 0.29) is 35.4 Å². The molecule has 5 aliphatic rings. The lowest BCUT2D eigenvalue weighted by Crippen LogP contribution is -2.58. The van der Waals surface area contributed by atoms with Crippen LogP contribution in [0.2, 0.25) is 0 Å². The molecule has 0 aromatic rings. The molecule has 6 heteroatoms. The standard InChI is InChI=1S/C22H28O6/c1-10-14-16(28-11(2)23)18(26)22(17(10)25)19-15-12(9-27-19)13(24)5-6-20(15,3)7-8-21(14,22)4/h10,14,16-17,19,25H,5-9H2,1-4H3/t10-,14?,16?,17+,19+,20+,21-,22-/m1/s1. The number of carbonyl (C=O) groups is 3. The summed E-state index contributed by atoms with van der Waals surface area (Å²) in [6, 6.07) is 0. The van der Waals surface area contributed by atoms with Crippen LogP contribution in [0.1, 0.15) is 53.4 Å². The third kappa shape index (κ3) is 1.76. The van der Waals surface area contributed by atoms with E-state index < -0.39 is 35.1 Å². The van der Waals surface area contributed by atoms with Gasteiger partial charge in [-0.15, -0.1) is 0 Å². The van der Waals surface area contributed by atoms with E-state index in [0.717, 1.165) is 24.8 Å². The van der Waals surface area contributed by atoms with Crippen LogP contribution in [0.15, 0.2) is 11.1 Å². The van der Waals surface area contributed by atoms with E-state index in [4.69, 9.17) is 9.47 Å². The molecule has 1 N–H and O–H groups in total. The molecule has 1 heterocycles. The number of rotatable bonds is 1. The molecule has 3 saturated carbocycles. The van der Waals surface area contributed by atoms with E-state index in [0.29, 0.717) is 12.0 Å². The number of carbonyl (C=O) groups excluding carboxylic acids is 3. The molecule has 0 amide bonds. The van der Waals surface area contributed by atoms with Gasteiger partial charge in [-0.25, -0.2) is 0 Å². The third-order valence-corrected chi connectivity index (χ3v) is 8.98. The van der Waals surface area contributed by atoms with Crippen LogP contribution in [0, 0.1) is 28.1 Å². The summed E-state index contributed by atoms with van der Waals surface area (Å²) in [4.78, 5) is 38.2. The molecule has 152 valence electrons. The summed E-state index contributed by atoms with van der Waals surface area (Å²) in [5, 5.41) is 11.4. The molecule has 5 rings (SSSR count). The van der Waals surface area contributed by atoms with Crippen LogP contribution in [-0.4, -0.2) is 47.6 Å². The van der Waals surface area contributed by atoms with Gasteiger partial charge >= 0.3 is 5.97 Å². The summed E-state index contributed by atoms with van der Waals surface area (Å²) in [5.41, 5.74) is -0.239. The molecule has 0 radical (unpaired) electrons. The van der Waals surface area contributed by atoms with Gasteiger partial charge in [0.1, 0.15) is 0 Å². The number of esters is 1. The van der Waals surface area contributed by atoms with Crippen molar-refractivity contribution in [3.63, 3.8) is 0 Å². The Hall–Kier alpha value is -1.53. The Bertz CT molecular complexity index is 844. The lowest BCUT2D eigenvalue weighted by atomic mass is 9.60. The molecule has 6 nitrogen and oxygen atoms in total. The van der Waals surface area contributed by atoms with Crippen molar-refractivity contribution in [3.05, 3.63) is 11.1 Å². The minimum absolute atomic E-state index is 0.106. The van der Waals surface area contributed by atoms with Crippen molar-refractivity contribution in [2.45, 2.75) is 71.7 Å². The maximum atomic E-state index is 13.8. The zero-order valence-electron chi connectivity index (χ0n) is 16.9. The topological polar surface area (TPSA) is 89.9 Å². The van der Waals surface area contributed by atoms with Crippen LogP contribution in [0.3, 0.4) is 0 Å². The van der Waals surface area contributed by atoms with Gasteiger partial charge in [-0.2, -0.15) is 0 Å². The number of aliphatic hydroxyl groups is 1. The van der Waals surface area contributed by atoms with Crippen molar-refractivity contribution >= 4 is 17.5 Å². The Morgan fingerprint density at radius 3 is 2.61 bits per heavy atom. The molecule has 0 aromatic heterocycles. The molecule has 0 saturated heterocycles. The van der Waals surface area contributed by atoms with Gasteiger partial charge in [0.05, 0.1) is 24.2 Å². The lowest BCUT2D eigenvalue weighted by molar-refractivity contribution is -0.170. The van der Waals surface area contributed by atoms with Gasteiger partial charge in [0, 0.05) is 24.8 Å². The molecule has 0 aromatic carbocycles. The van der Waals surface area contributed by atoms with Gasteiger partial charge in [-0.3, -0.25) is 14.4 Å². The summed E-state index contributed by atoms with van der Waals surface area (Å²) < 4.78 is 11.7. The fraction of sp³-hybridized carbons (Fsp3) is 0.773. The highest BCUT2D eigenvalue weighted by Crippen LogP contribution is 2.74. The fourth-order valence-corrected chi connectivity index (χ4v) is 7.73. The minimum Gasteiger partial charge on any atom is -0.454 e. The molecule has 8 atom stereocenters. The summed E-state index contributed by atoms with van der Waals surface area (Å²) >= 11 is 0.